The highest BCUT2D eigenvalue weighted by Gasteiger charge is 2.20. The Labute approximate surface area is 121 Å². The molecule has 0 aromatic carbocycles. The Balaban J connectivity index is 1.94. The van der Waals surface area contributed by atoms with E-state index in [-0.39, 0.29) is 5.54 Å². The van der Waals surface area contributed by atoms with E-state index in [9.17, 15) is 0 Å². The van der Waals surface area contributed by atoms with Crippen LogP contribution in [0.2, 0.25) is 0 Å². The SMILES string of the molecule is COC1CCCN(c2cnc(CNC(C)(C)C)cn2)C1. The molecule has 1 atom stereocenters. The molecule has 1 N–H and O–H groups in total. The van der Waals surface area contributed by atoms with Crippen molar-refractivity contribution in [3.8, 4) is 0 Å². The summed E-state index contributed by atoms with van der Waals surface area (Å²) < 4.78 is 5.44. The lowest BCUT2D eigenvalue weighted by atomic mass is 10.1. The summed E-state index contributed by atoms with van der Waals surface area (Å²) in [5.74, 6) is 0.950. The number of aromatic nitrogens is 2. The lowest BCUT2D eigenvalue weighted by molar-refractivity contribution is 0.0891. The van der Waals surface area contributed by atoms with Gasteiger partial charge in [0.1, 0.15) is 5.82 Å². The Morgan fingerprint density at radius 2 is 2.15 bits per heavy atom. The monoisotopic (exact) mass is 278 g/mol. The zero-order chi connectivity index (χ0) is 14.6. The van der Waals surface area contributed by atoms with Crippen LogP contribution in [-0.2, 0) is 11.3 Å². The van der Waals surface area contributed by atoms with E-state index >= 15 is 0 Å². The highest BCUT2D eigenvalue weighted by molar-refractivity contribution is 5.36. The van der Waals surface area contributed by atoms with Gasteiger partial charge in [-0.15, -0.1) is 0 Å². The van der Waals surface area contributed by atoms with Crippen molar-refractivity contribution in [2.75, 3.05) is 25.1 Å². The van der Waals surface area contributed by atoms with Crippen LogP contribution in [0.4, 0.5) is 5.82 Å². The number of nitrogens with zero attached hydrogens (tertiary/aromatic N) is 3. The third kappa shape index (κ3) is 4.42. The first kappa shape index (κ1) is 15.2. The summed E-state index contributed by atoms with van der Waals surface area (Å²) in [6.07, 6.45) is 6.33. The quantitative estimate of drug-likeness (QED) is 0.912. The Hall–Kier alpha value is -1.20. The van der Waals surface area contributed by atoms with Crippen LogP contribution in [0.25, 0.3) is 0 Å². The minimum atomic E-state index is 0.0961. The van der Waals surface area contributed by atoms with Crippen molar-refractivity contribution in [2.45, 2.75) is 51.8 Å². The molecule has 2 rings (SSSR count). The van der Waals surface area contributed by atoms with Crippen LogP contribution in [-0.4, -0.2) is 41.8 Å². The number of rotatable bonds is 4. The van der Waals surface area contributed by atoms with E-state index in [1.165, 1.54) is 0 Å². The molecule has 0 saturated carbocycles. The Morgan fingerprint density at radius 3 is 2.75 bits per heavy atom. The summed E-state index contributed by atoms with van der Waals surface area (Å²) in [7, 11) is 1.78. The molecule has 1 fully saturated rings. The van der Waals surface area contributed by atoms with Gasteiger partial charge in [-0.25, -0.2) is 4.98 Å². The minimum absolute atomic E-state index is 0.0961. The average molecular weight is 278 g/mol. The smallest absolute Gasteiger partial charge is 0.147 e. The first-order valence-electron chi connectivity index (χ1n) is 7.31. The molecule has 0 bridgehead atoms. The van der Waals surface area contributed by atoms with E-state index in [0.29, 0.717) is 6.10 Å². The van der Waals surface area contributed by atoms with Crippen molar-refractivity contribution in [3.05, 3.63) is 18.1 Å². The number of piperidine rings is 1. The van der Waals surface area contributed by atoms with E-state index < -0.39 is 0 Å². The zero-order valence-corrected chi connectivity index (χ0v) is 13.0. The fourth-order valence-electron chi connectivity index (χ4n) is 2.30. The van der Waals surface area contributed by atoms with Gasteiger partial charge in [0, 0.05) is 32.3 Å². The predicted octanol–water partition coefficient (Wildman–Crippen LogP) is 1.98. The van der Waals surface area contributed by atoms with Crippen LogP contribution in [0.3, 0.4) is 0 Å². The van der Waals surface area contributed by atoms with Gasteiger partial charge in [0.25, 0.3) is 0 Å². The number of nitrogens with one attached hydrogen (secondary N) is 1. The highest BCUT2D eigenvalue weighted by atomic mass is 16.5. The molecule has 20 heavy (non-hydrogen) atoms. The van der Waals surface area contributed by atoms with Crippen molar-refractivity contribution < 1.29 is 4.74 Å². The normalized spacial score (nSPS) is 20.2. The number of hydrogen-bond acceptors (Lipinski definition) is 5. The van der Waals surface area contributed by atoms with Gasteiger partial charge in [-0.05, 0) is 33.6 Å². The van der Waals surface area contributed by atoms with Gasteiger partial charge < -0.3 is 15.0 Å². The summed E-state index contributed by atoms with van der Waals surface area (Å²) in [4.78, 5) is 11.3. The molecule has 1 saturated heterocycles. The van der Waals surface area contributed by atoms with E-state index in [0.717, 1.165) is 44.0 Å². The molecular weight excluding hydrogens is 252 g/mol. The summed E-state index contributed by atoms with van der Waals surface area (Å²) in [5.41, 5.74) is 1.07. The van der Waals surface area contributed by atoms with Crippen LogP contribution < -0.4 is 10.2 Å². The fraction of sp³-hybridized carbons (Fsp3) is 0.733. The number of methoxy groups -OCH3 is 1. The van der Waals surface area contributed by atoms with Crippen LogP contribution in [0.1, 0.15) is 39.3 Å². The maximum Gasteiger partial charge on any atom is 0.147 e. The summed E-state index contributed by atoms with van der Waals surface area (Å²) in [5, 5.41) is 3.42. The molecule has 1 unspecified atom stereocenters. The first-order valence-corrected chi connectivity index (χ1v) is 7.31. The predicted molar refractivity (Wildman–Crippen MR) is 80.9 cm³/mol. The van der Waals surface area contributed by atoms with Gasteiger partial charge in [-0.3, -0.25) is 4.98 Å². The molecule has 0 amide bonds. The summed E-state index contributed by atoms with van der Waals surface area (Å²) in [6, 6.07) is 0. The first-order chi connectivity index (χ1) is 9.48. The van der Waals surface area contributed by atoms with Gasteiger partial charge in [0.2, 0.25) is 0 Å². The molecule has 2 heterocycles. The molecule has 0 radical (unpaired) electrons. The molecule has 0 aliphatic carbocycles. The van der Waals surface area contributed by atoms with Crippen LogP contribution in [0.5, 0.6) is 0 Å². The van der Waals surface area contributed by atoms with E-state index in [4.69, 9.17) is 4.74 Å². The molecule has 1 aromatic rings. The van der Waals surface area contributed by atoms with Gasteiger partial charge in [-0.2, -0.15) is 0 Å². The molecule has 5 heteroatoms. The van der Waals surface area contributed by atoms with Gasteiger partial charge in [0.15, 0.2) is 0 Å². The largest absolute Gasteiger partial charge is 0.380 e. The molecule has 112 valence electrons. The zero-order valence-electron chi connectivity index (χ0n) is 13.0. The molecule has 0 spiro atoms. The summed E-state index contributed by atoms with van der Waals surface area (Å²) >= 11 is 0. The van der Waals surface area contributed by atoms with Gasteiger partial charge in [-0.1, -0.05) is 0 Å². The Morgan fingerprint density at radius 1 is 1.35 bits per heavy atom. The maximum atomic E-state index is 5.44. The number of ether oxygens (including phenoxy) is 1. The van der Waals surface area contributed by atoms with Crippen LogP contribution in [0.15, 0.2) is 12.4 Å². The average Bonchev–Trinajstić information content (AvgIpc) is 2.45. The Bertz CT molecular complexity index is 413. The lowest BCUT2D eigenvalue weighted by Crippen LogP contribution is -2.39. The minimum Gasteiger partial charge on any atom is -0.380 e. The van der Waals surface area contributed by atoms with E-state index in [1.54, 1.807) is 7.11 Å². The van der Waals surface area contributed by atoms with Gasteiger partial charge >= 0.3 is 0 Å². The van der Waals surface area contributed by atoms with Crippen molar-refractivity contribution in [1.29, 1.82) is 0 Å². The molecular formula is C15H26N4O. The second kappa shape index (κ2) is 6.50. The standard InChI is InChI=1S/C15H26N4O/c1-15(2,3)18-9-12-8-17-14(10-16-12)19-7-5-6-13(11-19)20-4/h8,10,13,18H,5-7,9,11H2,1-4H3. The molecule has 1 aromatic heterocycles. The third-order valence-electron chi connectivity index (χ3n) is 3.53. The highest BCUT2D eigenvalue weighted by Crippen LogP contribution is 2.18. The van der Waals surface area contributed by atoms with Crippen LogP contribution >= 0.6 is 0 Å². The second-order valence-electron chi connectivity index (χ2n) is 6.42. The van der Waals surface area contributed by atoms with E-state index in [1.807, 2.05) is 12.4 Å². The van der Waals surface area contributed by atoms with E-state index in [2.05, 4.69) is 41.0 Å². The fourth-order valence-corrected chi connectivity index (χ4v) is 2.30. The molecule has 1 aliphatic heterocycles. The molecule has 5 nitrogen and oxygen atoms in total. The van der Waals surface area contributed by atoms with Crippen molar-refractivity contribution in [1.82, 2.24) is 15.3 Å². The lowest BCUT2D eigenvalue weighted by Gasteiger charge is -2.32. The Kier molecular flexibility index (Phi) is 4.94. The van der Waals surface area contributed by atoms with Crippen molar-refractivity contribution in [2.24, 2.45) is 0 Å². The van der Waals surface area contributed by atoms with Crippen molar-refractivity contribution in [3.63, 3.8) is 0 Å². The third-order valence-corrected chi connectivity index (χ3v) is 3.53. The maximum absolute atomic E-state index is 5.44. The topological polar surface area (TPSA) is 50.3 Å². The number of hydrogen-bond donors (Lipinski definition) is 1. The van der Waals surface area contributed by atoms with Gasteiger partial charge in [0.05, 0.1) is 24.2 Å². The second-order valence-corrected chi connectivity index (χ2v) is 6.42. The number of anilines is 1. The molecule has 1 aliphatic rings. The van der Waals surface area contributed by atoms with Crippen molar-refractivity contribution >= 4 is 5.82 Å². The van der Waals surface area contributed by atoms with Crippen LogP contribution in [0, 0.1) is 0 Å². The summed E-state index contributed by atoms with van der Waals surface area (Å²) in [6.45, 7) is 9.13.